The summed E-state index contributed by atoms with van der Waals surface area (Å²) in [6.07, 6.45) is 4.39. The maximum Gasteiger partial charge on any atom is 0.337 e. The maximum absolute atomic E-state index is 12.8. The van der Waals surface area contributed by atoms with Gasteiger partial charge in [-0.2, -0.15) is 0 Å². The molecule has 118 valence electrons. The smallest absolute Gasteiger partial charge is 0.337 e. The fourth-order valence-corrected chi connectivity index (χ4v) is 3.90. The molecule has 0 aromatic carbocycles. The highest BCUT2D eigenvalue weighted by molar-refractivity contribution is 6.00. The number of hydrogen-bond acceptors (Lipinski definition) is 2. The van der Waals surface area contributed by atoms with Crippen LogP contribution >= 0.6 is 0 Å². The van der Waals surface area contributed by atoms with Gasteiger partial charge in [0.2, 0.25) is 0 Å². The van der Waals surface area contributed by atoms with Crippen LogP contribution in [-0.4, -0.2) is 40.0 Å². The number of hydrogen-bond donors (Lipinski definition) is 2. The molecule has 0 saturated carbocycles. The molecule has 1 aromatic rings. The summed E-state index contributed by atoms with van der Waals surface area (Å²) in [5, 5.41) is 9.25. The third kappa shape index (κ3) is 2.34. The van der Waals surface area contributed by atoms with Gasteiger partial charge in [-0.25, -0.2) is 4.79 Å². The van der Waals surface area contributed by atoms with Crippen molar-refractivity contribution >= 4 is 11.9 Å². The fourth-order valence-electron chi connectivity index (χ4n) is 3.90. The highest BCUT2D eigenvalue weighted by atomic mass is 16.4. The Hall–Kier alpha value is -2.04. The van der Waals surface area contributed by atoms with Crippen LogP contribution in [0, 0.1) is 25.7 Å². The zero-order chi connectivity index (χ0) is 16.0. The summed E-state index contributed by atoms with van der Waals surface area (Å²) in [5.74, 6) is 0.0348. The van der Waals surface area contributed by atoms with Gasteiger partial charge in [-0.05, 0) is 51.0 Å². The van der Waals surface area contributed by atoms with Gasteiger partial charge in [-0.15, -0.1) is 0 Å². The van der Waals surface area contributed by atoms with Gasteiger partial charge >= 0.3 is 5.97 Å². The summed E-state index contributed by atoms with van der Waals surface area (Å²) in [5.41, 5.74) is 3.15. The van der Waals surface area contributed by atoms with Gasteiger partial charge in [0.15, 0.2) is 0 Å². The van der Waals surface area contributed by atoms with Crippen LogP contribution in [0.3, 0.4) is 0 Å². The second-order valence-corrected chi connectivity index (χ2v) is 6.65. The standard InChI is InChI=1S/C17H22N2O3/c1-9-4-5-12-7-19(8-13(12)6-9)16(20)15-10(2)14(17(21)22)11(3)18-15/h4,12-13,18H,5-8H2,1-3H3,(H,21,22)/t12-,13+/m0/s1. The van der Waals surface area contributed by atoms with Crippen molar-refractivity contribution in [2.45, 2.75) is 33.6 Å². The van der Waals surface area contributed by atoms with Gasteiger partial charge < -0.3 is 15.0 Å². The molecular formula is C17H22N2O3. The number of fused-ring (bicyclic) bond motifs is 1. The van der Waals surface area contributed by atoms with Crippen molar-refractivity contribution in [3.05, 3.63) is 34.2 Å². The molecule has 5 nitrogen and oxygen atoms in total. The van der Waals surface area contributed by atoms with Crippen LogP contribution < -0.4 is 0 Å². The van der Waals surface area contributed by atoms with Gasteiger partial charge in [0.05, 0.1) is 5.56 Å². The second-order valence-electron chi connectivity index (χ2n) is 6.65. The van der Waals surface area contributed by atoms with Gasteiger partial charge in [-0.1, -0.05) is 11.6 Å². The predicted molar refractivity (Wildman–Crippen MR) is 83.1 cm³/mol. The highest BCUT2D eigenvalue weighted by Crippen LogP contribution is 2.36. The molecule has 2 N–H and O–H groups in total. The number of allylic oxidation sites excluding steroid dienone is 2. The van der Waals surface area contributed by atoms with Gasteiger partial charge in [-0.3, -0.25) is 4.79 Å². The lowest BCUT2D eigenvalue weighted by atomic mass is 9.83. The number of carbonyl (C=O) groups excluding carboxylic acids is 1. The number of aryl methyl sites for hydroxylation is 1. The molecule has 1 aliphatic carbocycles. The lowest BCUT2D eigenvalue weighted by Crippen LogP contribution is -2.29. The maximum atomic E-state index is 12.8. The molecule has 22 heavy (non-hydrogen) atoms. The van der Waals surface area contributed by atoms with E-state index in [1.54, 1.807) is 13.8 Å². The van der Waals surface area contributed by atoms with Crippen molar-refractivity contribution < 1.29 is 14.7 Å². The van der Waals surface area contributed by atoms with Crippen molar-refractivity contribution in [3.63, 3.8) is 0 Å². The van der Waals surface area contributed by atoms with E-state index < -0.39 is 5.97 Å². The van der Waals surface area contributed by atoms with E-state index in [4.69, 9.17) is 0 Å². The van der Waals surface area contributed by atoms with E-state index in [2.05, 4.69) is 18.0 Å². The van der Waals surface area contributed by atoms with Gasteiger partial charge in [0.25, 0.3) is 5.91 Å². The predicted octanol–water partition coefficient (Wildman–Crippen LogP) is 2.76. The normalized spacial score (nSPS) is 24.1. The number of nitrogens with one attached hydrogen (secondary N) is 1. The van der Waals surface area contributed by atoms with Crippen LogP contribution in [0.15, 0.2) is 11.6 Å². The van der Waals surface area contributed by atoms with Crippen LogP contribution in [0.4, 0.5) is 0 Å². The molecule has 0 spiro atoms. The number of carboxylic acids is 1. The van der Waals surface area contributed by atoms with E-state index >= 15 is 0 Å². The molecule has 5 heteroatoms. The topological polar surface area (TPSA) is 73.4 Å². The van der Waals surface area contributed by atoms with Crippen LogP contribution in [0.1, 0.15) is 51.9 Å². The van der Waals surface area contributed by atoms with Crippen molar-refractivity contribution in [2.75, 3.05) is 13.1 Å². The van der Waals surface area contributed by atoms with Crippen LogP contribution in [-0.2, 0) is 0 Å². The first kappa shape index (κ1) is 14.9. The molecule has 0 unspecified atom stereocenters. The minimum absolute atomic E-state index is 0.0693. The summed E-state index contributed by atoms with van der Waals surface area (Å²) < 4.78 is 0. The molecule has 1 aliphatic heterocycles. The summed E-state index contributed by atoms with van der Waals surface area (Å²) >= 11 is 0. The van der Waals surface area contributed by atoms with E-state index in [0.29, 0.717) is 28.8 Å². The molecule has 0 radical (unpaired) electrons. The SMILES string of the molecule is CC1=CC[C@H]2CN(C(=O)c3[nH]c(C)c(C(=O)O)c3C)C[C@H]2C1. The number of amides is 1. The number of aromatic carboxylic acids is 1. The summed E-state index contributed by atoms with van der Waals surface area (Å²) in [6, 6.07) is 0. The molecule has 2 aliphatic rings. The first-order chi connectivity index (χ1) is 10.4. The van der Waals surface area contributed by atoms with E-state index in [9.17, 15) is 14.7 Å². The Kier molecular flexibility index (Phi) is 3.59. The number of likely N-dealkylation sites (tertiary alicyclic amines) is 1. The largest absolute Gasteiger partial charge is 0.478 e. The summed E-state index contributed by atoms with van der Waals surface area (Å²) in [4.78, 5) is 28.9. The quantitative estimate of drug-likeness (QED) is 0.825. The van der Waals surface area contributed by atoms with E-state index in [1.165, 1.54) is 5.57 Å². The number of H-pyrrole nitrogens is 1. The van der Waals surface area contributed by atoms with Gasteiger partial charge in [0, 0.05) is 18.8 Å². The zero-order valence-corrected chi connectivity index (χ0v) is 13.3. The van der Waals surface area contributed by atoms with Crippen molar-refractivity contribution in [3.8, 4) is 0 Å². The van der Waals surface area contributed by atoms with Crippen molar-refractivity contribution in [1.29, 1.82) is 0 Å². The zero-order valence-electron chi connectivity index (χ0n) is 13.3. The van der Waals surface area contributed by atoms with E-state index in [-0.39, 0.29) is 11.5 Å². The molecule has 1 fully saturated rings. The monoisotopic (exact) mass is 302 g/mol. The number of carbonyl (C=O) groups is 2. The summed E-state index contributed by atoms with van der Waals surface area (Å²) in [6.45, 7) is 7.10. The Bertz CT molecular complexity index is 672. The Morgan fingerprint density at radius 2 is 1.91 bits per heavy atom. The summed E-state index contributed by atoms with van der Waals surface area (Å²) in [7, 11) is 0. The number of carboxylic acid groups (broad SMARTS) is 1. The molecule has 1 aromatic heterocycles. The van der Waals surface area contributed by atoms with E-state index in [1.807, 2.05) is 4.90 Å². The Labute approximate surface area is 130 Å². The minimum atomic E-state index is -0.986. The Morgan fingerprint density at radius 3 is 2.55 bits per heavy atom. The number of aromatic nitrogens is 1. The molecule has 0 bridgehead atoms. The minimum Gasteiger partial charge on any atom is -0.478 e. The van der Waals surface area contributed by atoms with Gasteiger partial charge in [0.1, 0.15) is 5.69 Å². The Balaban J connectivity index is 1.82. The van der Waals surface area contributed by atoms with Crippen LogP contribution in [0.25, 0.3) is 0 Å². The average molecular weight is 302 g/mol. The lowest BCUT2D eigenvalue weighted by Gasteiger charge is -2.21. The van der Waals surface area contributed by atoms with Crippen molar-refractivity contribution in [2.24, 2.45) is 11.8 Å². The third-order valence-corrected chi connectivity index (χ3v) is 5.08. The molecule has 1 saturated heterocycles. The number of nitrogens with zero attached hydrogens (tertiary/aromatic N) is 1. The van der Waals surface area contributed by atoms with E-state index in [0.717, 1.165) is 25.9 Å². The van der Waals surface area contributed by atoms with Crippen LogP contribution in [0.2, 0.25) is 0 Å². The fraction of sp³-hybridized carbons (Fsp3) is 0.529. The average Bonchev–Trinajstić information content (AvgIpc) is 2.98. The van der Waals surface area contributed by atoms with Crippen molar-refractivity contribution in [1.82, 2.24) is 9.88 Å². The molecular weight excluding hydrogens is 280 g/mol. The molecule has 2 heterocycles. The Morgan fingerprint density at radius 1 is 1.23 bits per heavy atom. The van der Waals surface area contributed by atoms with Crippen LogP contribution in [0.5, 0.6) is 0 Å². The first-order valence-electron chi connectivity index (χ1n) is 7.75. The first-order valence-corrected chi connectivity index (χ1v) is 7.75. The molecule has 2 atom stereocenters. The second kappa shape index (κ2) is 5.30. The number of aromatic amines is 1. The number of rotatable bonds is 2. The highest BCUT2D eigenvalue weighted by Gasteiger charge is 2.37. The lowest BCUT2D eigenvalue weighted by molar-refractivity contribution is 0.0695. The molecule has 3 rings (SSSR count). The molecule has 1 amide bonds. The third-order valence-electron chi connectivity index (χ3n) is 5.08.